The summed E-state index contributed by atoms with van der Waals surface area (Å²) in [6.07, 6.45) is 2.01. The molecule has 1 N–H and O–H groups in total. The Hall–Kier alpha value is -3.16. The zero-order valence-electron chi connectivity index (χ0n) is 16.0. The maximum atomic E-state index is 5.85. The molecule has 7 heteroatoms. The maximum Gasteiger partial charge on any atom is 0.258 e. The van der Waals surface area contributed by atoms with E-state index in [9.17, 15) is 0 Å². The first-order chi connectivity index (χ1) is 14.4. The van der Waals surface area contributed by atoms with E-state index in [0.717, 1.165) is 54.3 Å². The fraction of sp³-hybridized carbons (Fsp3) is 0.273. The largest absolute Gasteiger partial charge is 0.467 e. The second-order valence-corrected chi connectivity index (χ2v) is 7.03. The lowest BCUT2D eigenvalue weighted by molar-refractivity contribution is 0.0323. The average molecular weight is 390 g/mol. The Kier molecular flexibility index (Phi) is 4.98. The summed E-state index contributed by atoms with van der Waals surface area (Å²) in [4.78, 5) is 6.92. The number of nitrogens with zero attached hydrogens (tertiary/aromatic N) is 3. The number of rotatable bonds is 3. The molecule has 2 aromatic carbocycles. The quantitative estimate of drug-likeness (QED) is 0.737. The molecule has 2 aliphatic rings. The fourth-order valence-electron chi connectivity index (χ4n) is 3.55. The van der Waals surface area contributed by atoms with Crippen molar-refractivity contribution in [2.24, 2.45) is 0 Å². The molecule has 1 fully saturated rings. The van der Waals surface area contributed by atoms with Crippen LogP contribution in [0, 0.1) is 0 Å². The monoisotopic (exact) mass is 390 g/mol. The predicted octanol–water partition coefficient (Wildman–Crippen LogP) is 3.05. The second-order valence-electron chi connectivity index (χ2n) is 7.03. The van der Waals surface area contributed by atoms with Crippen molar-refractivity contribution in [3.63, 3.8) is 0 Å². The average Bonchev–Trinajstić information content (AvgIpc) is 3.26. The molecule has 0 atom stereocenters. The molecular weight excluding hydrogens is 368 g/mol. The third-order valence-corrected chi connectivity index (χ3v) is 5.10. The summed E-state index contributed by atoms with van der Waals surface area (Å²) in [5.41, 5.74) is 3.89. The molecule has 0 radical (unpaired) electrons. The molecule has 1 saturated heterocycles. The number of anilines is 1. The molecule has 0 spiro atoms. The summed E-state index contributed by atoms with van der Waals surface area (Å²) in [6.45, 7) is 4.49. The number of benzene rings is 2. The zero-order chi connectivity index (χ0) is 19.5. The van der Waals surface area contributed by atoms with Gasteiger partial charge in [-0.15, -0.1) is 0 Å². The smallest absolute Gasteiger partial charge is 0.258 e. The van der Waals surface area contributed by atoms with Gasteiger partial charge in [-0.2, -0.15) is 4.98 Å². The third-order valence-electron chi connectivity index (χ3n) is 5.10. The minimum Gasteiger partial charge on any atom is -0.467 e. The van der Waals surface area contributed by atoms with E-state index < -0.39 is 0 Å². The molecule has 2 aliphatic heterocycles. The first-order valence-electron chi connectivity index (χ1n) is 9.77. The normalized spacial score (nSPS) is 17.0. The Morgan fingerprint density at radius 2 is 1.86 bits per heavy atom. The lowest BCUT2D eigenvalue weighted by atomic mass is 10.1. The molecule has 0 unspecified atom stereocenters. The third kappa shape index (κ3) is 3.87. The van der Waals surface area contributed by atoms with Crippen LogP contribution in [0.25, 0.3) is 23.1 Å². The highest BCUT2D eigenvalue weighted by atomic mass is 16.7. The van der Waals surface area contributed by atoms with E-state index in [1.54, 1.807) is 0 Å². The molecule has 5 rings (SSSR count). The van der Waals surface area contributed by atoms with Crippen LogP contribution in [-0.4, -0.2) is 49.7 Å². The number of hydrogen-bond donors (Lipinski definition) is 1. The van der Waals surface area contributed by atoms with E-state index in [1.165, 1.54) is 0 Å². The van der Waals surface area contributed by atoms with Gasteiger partial charge in [0.25, 0.3) is 5.89 Å². The Morgan fingerprint density at radius 1 is 1.00 bits per heavy atom. The fourth-order valence-corrected chi connectivity index (χ4v) is 3.55. The van der Waals surface area contributed by atoms with Gasteiger partial charge >= 0.3 is 0 Å². The van der Waals surface area contributed by atoms with Gasteiger partial charge in [0, 0.05) is 54.6 Å². The highest BCUT2D eigenvalue weighted by Gasteiger charge is 2.18. The van der Waals surface area contributed by atoms with Crippen LogP contribution < -0.4 is 15.0 Å². The standard InChI is InChI=1S/C22H22N4O3/c1-2-4-16(5-3-1)22-24-21(25-29-22)18-12-17-6-7-19(26-10-8-23-9-11-26)13-20(17)28-15-27-14-18/h1-7,12-13,23H,8-11,14-15H2. The van der Waals surface area contributed by atoms with Crippen molar-refractivity contribution in [2.45, 2.75) is 0 Å². The van der Waals surface area contributed by atoms with E-state index in [1.807, 2.05) is 36.4 Å². The summed E-state index contributed by atoms with van der Waals surface area (Å²) in [5, 5.41) is 7.54. The molecule has 0 bridgehead atoms. The molecule has 0 aliphatic carbocycles. The summed E-state index contributed by atoms with van der Waals surface area (Å²) in [7, 11) is 0. The Labute approximate surface area is 168 Å². The highest BCUT2D eigenvalue weighted by molar-refractivity contribution is 5.82. The molecule has 3 heterocycles. The van der Waals surface area contributed by atoms with Crippen molar-refractivity contribution < 1.29 is 14.0 Å². The number of piperazine rings is 1. The van der Waals surface area contributed by atoms with Crippen LogP contribution in [-0.2, 0) is 4.74 Å². The molecular formula is C22H22N4O3. The first kappa shape index (κ1) is 17.9. The first-order valence-corrected chi connectivity index (χ1v) is 9.77. The van der Waals surface area contributed by atoms with Gasteiger partial charge in [-0.05, 0) is 30.3 Å². The highest BCUT2D eigenvalue weighted by Crippen LogP contribution is 2.31. The van der Waals surface area contributed by atoms with Crippen molar-refractivity contribution in [3.05, 3.63) is 59.9 Å². The Morgan fingerprint density at radius 3 is 2.72 bits per heavy atom. The van der Waals surface area contributed by atoms with Gasteiger partial charge in [0.15, 0.2) is 6.79 Å². The lowest BCUT2D eigenvalue weighted by Gasteiger charge is -2.30. The topological polar surface area (TPSA) is 72.7 Å². The number of aromatic nitrogens is 2. The summed E-state index contributed by atoms with van der Waals surface area (Å²) < 4.78 is 17.0. The zero-order valence-corrected chi connectivity index (χ0v) is 16.0. The molecule has 0 amide bonds. The summed E-state index contributed by atoms with van der Waals surface area (Å²) >= 11 is 0. The van der Waals surface area contributed by atoms with Crippen molar-refractivity contribution in [1.29, 1.82) is 0 Å². The van der Waals surface area contributed by atoms with Gasteiger partial charge in [-0.1, -0.05) is 23.4 Å². The van der Waals surface area contributed by atoms with Crippen LogP contribution in [0.3, 0.4) is 0 Å². The van der Waals surface area contributed by atoms with E-state index in [-0.39, 0.29) is 6.79 Å². The minimum absolute atomic E-state index is 0.179. The van der Waals surface area contributed by atoms with Gasteiger partial charge in [0.1, 0.15) is 5.75 Å². The number of nitrogens with one attached hydrogen (secondary N) is 1. The van der Waals surface area contributed by atoms with Gasteiger partial charge in [0.05, 0.1) is 6.61 Å². The molecule has 3 aromatic rings. The number of fused-ring (bicyclic) bond motifs is 1. The van der Waals surface area contributed by atoms with Gasteiger partial charge in [0.2, 0.25) is 5.82 Å². The number of hydrogen-bond acceptors (Lipinski definition) is 7. The van der Waals surface area contributed by atoms with Crippen molar-refractivity contribution in [3.8, 4) is 17.2 Å². The molecule has 148 valence electrons. The van der Waals surface area contributed by atoms with Crippen LogP contribution in [0.15, 0.2) is 53.1 Å². The van der Waals surface area contributed by atoms with Crippen molar-refractivity contribution in [1.82, 2.24) is 15.5 Å². The van der Waals surface area contributed by atoms with Crippen molar-refractivity contribution in [2.75, 3.05) is 44.5 Å². The number of ether oxygens (including phenoxy) is 2. The molecule has 1 aromatic heterocycles. The lowest BCUT2D eigenvalue weighted by Crippen LogP contribution is -2.43. The van der Waals surface area contributed by atoms with Crippen LogP contribution >= 0.6 is 0 Å². The molecule has 29 heavy (non-hydrogen) atoms. The van der Waals surface area contributed by atoms with Crippen LogP contribution in [0.5, 0.6) is 5.75 Å². The second kappa shape index (κ2) is 8.06. The van der Waals surface area contributed by atoms with Crippen molar-refractivity contribution >= 4 is 17.3 Å². The van der Waals surface area contributed by atoms with E-state index in [2.05, 4.69) is 38.6 Å². The van der Waals surface area contributed by atoms with Gasteiger partial charge in [-0.25, -0.2) is 0 Å². The Bertz CT molecular complexity index is 1010. The van der Waals surface area contributed by atoms with Crippen LogP contribution in [0.4, 0.5) is 5.69 Å². The Balaban J connectivity index is 1.45. The maximum absolute atomic E-state index is 5.85. The molecule has 0 saturated carbocycles. The summed E-state index contributed by atoms with van der Waals surface area (Å²) in [6, 6.07) is 16.0. The minimum atomic E-state index is 0.179. The van der Waals surface area contributed by atoms with Gasteiger partial charge in [-0.3, -0.25) is 0 Å². The predicted molar refractivity (Wildman–Crippen MR) is 111 cm³/mol. The van der Waals surface area contributed by atoms with Gasteiger partial charge < -0.3 is 24.2 Å². The van der Waals surface area contributed by atoms with E-state index in [4.69, 9.17) is 14.0 Å². The summed E-state index contributed by atoms with van der Waals surface area (Å²) in [5.74, 6) is 1.82. The van der Waals surface area contributed by atoms with E-state index >= 15 is 0 Å². The SMILES string of the molecule is C1=C(c2noc(-c3ccccc3)n2)COCOc2cc(N3CCNCC3)ccc21. The van der Waals surface area contributed by atoms with E-state index in [0.29, 0.717) is 18.3 Å². The van der Waals surface area contributed by atoms with Crippen LogP contribution in [0.2, 0.25) is 0 Å². The molecule has 7 nitrogen and oxygen atoms in total. The van der Waals surface area contributed by atoms with Crippen LogP contribution in [0.1, 0.15) is 11.4 Å².